The molecule has 38 heavy (non-hydrogen) atoms. The highest BCUT2D eigenvalue weighted by Crippen LogP contribution is 2.41. The van der Waals surface area contributed by atoms with Crippen LogP contribution in [0.4, 0.5) is 17.1 Å². The molecule has 0 unspecified atom stereocenters. The predicted octanol–water partition coefficient (Wildman–Crippen LogP) is 8.01. The average molecular weight is 526 g/mol. The third-order valence-corrected chi connectivity index (χ3v) is 8.87. The number of hydrogen-bond acceptors (Lipinski definition) is 3. The molecule has 2 saturated carbocycles. The molecule has 2 aliphatic carbocycles. The van der Waals surface area contributed by atoms with Gasteiger partial charge in [0.05, 0.1) is 0 Å². The number of hydrogen-bond donors (Lipinski definition) is 3. The summed E-state index contributed by atoms with van der Waals surface area (Å²) in [5.41, 5.74) is 2.34. The Morgan fingerprint density at radius 2 is 0.974 bits per heavy atom. The van der Waals surface area contributed by atoms with Crippen LogP contribution in [-0.2, 0) is 14.4 Å². The maximum Gasteiger partial charge on any atom is 0.227 e. The highest BCUT2D eigenvalue weighted by atomic mass is 16.2. The molecule has 1 aromatic rings. The molecule has 0 heterocycles. The number of rotatable bonds is 7. The SMILES string of the molecule is CCCC(=O)Nc1cc(NC(=O)C2CCC(C(C)(C)C)CC2)cc(NC(=O)C2CCC(C(C)(C)C)CC2)c1. The van der Waals surface area contributed by atoms with Crippen molar-refractivity contribution in [2.45, 2.75) is 113 Å². The van der Waals surface area contributed by atoms with Crippen LogP contribution in [-0.4, -0.2) is 17.7 Å². The minimum Gasteiger partial charge on any atom is -0.326 e. The van der Waals surface area contributed by atoms with Crippen LogP contribution in [0.1, 0.15) is 113 Å². The van der Waals surface area contributed by atoms with E-state index in [4.69, 9.17) is 0 Å². The van der Waals surface area contributed by atoms with Crippen LogP contribution in [0.15, 0.2) is 18.2 Å². The van der Waals surface area contributed by atoms with Gasteiger partial charge in [0.2, 0.25) is 17.7 Å². The summed E-state index contributed by atoms with van der Waals surface area (Å²) in [5.74, 6) is 1.23. The van der Waals surface area contributed by atoms with Crippen molar-refractivity contribution in [3.8, 4) is 0 Å². The molecule has 6 nitrogen and oxygen atoms in total. The first-order chi connectivity index (χ1) is 17.8. The Morgan fingerprint density at radius 3 is 1.29 bits per heavy atom. The topological polar surface area (TPSA) is 87.3 Å². The zero-order valence-electron chi connectivity index (χ0n) is 24.8. The van der Waals surface area contributed by atoms with E-state index in [0.29, 0.717) is 35.3 Å². The zero-order chi connectivity index (χ0) is 28.1. The van der Waals surface area contributed by atoms with E-state index in [1.54, 1.807) is 12.1 Å². The van der Waals surface area contributed by atoms with Gasteiger partial charge in [-0.05, 0) is 98.7 Å². The van der Waals surface area contributed by atoms with Crippen LogP contribution in [0.2, 0.25) is 0 Å². The summed E-state index contributed by atoms with van der Waals surface area (Å²) in [4.78, 5) is 38.6. The molecule has 0 saturated heterocycles. The summed E-state index contributed by atoms with van der Waals surface area (Å²) in [6, 6.07) is 5.39. The van der Waals surface area contributed by atoms with Gasteiger partial charge in [-0.2, -0.15) is 0 Å². The molecule has 3 rings (SSSR count). The first-order valence-corrected chi connectivity index (χ1v) is 14.8. The Balaban J connectivity index is 1.69. The quantitative estimate of drug-likeness (QED) is 0.337. The van der Waals surface area contributed by atoms with Crippen LogP contribution >= 0.6 is 0 Å². The fourth-order valence-electron chi connectivity index (χ4n) is 6.23. The molecular formula is C32H51N3O3. The van der Waals surface area contributed by atoms with E-state index in [1.165, 1.54) is 0 Å². The standard InChI is InChI=1S/C32H51N3O3/c1-8-9-28(36)33-25-18-26(34-29(37)21-10-14-23(15-11-21)31(2,3)4)20-27(19-25)35-30(38)22-12-16-24(17-13-22)32(5,6)7/h18-24H,8-17H2,1-7H3,(H,33,36)(H,34,37)(H,35,38). The molecule has 6 heteroatoms. The molecule has 0 aromatic heterocycles. The van der Waals surface area contributed by atoms with Crippen LogP contribution in [0, 0.1) is 34.5 Å². The van der Waals surface area contributed by atoms with Crippen LogP contribution in [0.3, 0.4) is 0 Å². The van der Waals surface area contributed by atoms with Crippen molar-refractivity contribution in [1.82, 2.24) is 0 Å². The molecule has 212 valence electrons. The van der Waals surface area contributed by atoms with Gasteiger partial charge in [-0.15, -0.1) is 0 Å². The molecule has 0 radical (unpaired) electrons. The Kier molecular flexibility index (Phi) is 10.0. The second kappa shape index (κ2) is 12.7. The summed E-state index contributed by atoms with van der Waals surface area (Å²) in [5, 5.41) is 9.10. The summed E-state index contributed by atoms with van der Waals surface area (Å²) in [6.07, 6.45) is 8.99. The number of amides is 3. The van der Waals surface area contributed by atoms with Crippen molar-refractivity contribution in [3.05, 3.63) is 18.2 Å². The van der Waals surface area contributed by atoms with E-state index >= 15 is 0 Å². The molecule has 0 aliphatic heterocycles. The van der Waals surface area contributed by atoms with E-state index < -0.39 is 0 Å². The van der Waals surface area contributed by atoms with Gasteiger partial charge >= 0.3 is 0 Å². The first kappa shape index (κ1) is 30.2. The Hall–Kier alpha value is -2.37. The van der Waals surface area contributed by atoms with Gasteiger partial charge in [0.15, 0.2) is 0 Å². The van der Waals surface area contributed by atoms with Crippen LogP contribution < -0.4 is 16.0 Å². The average Bonchev–Trinajstić information content (AvgIpc) is 2.83. The highest BCUT2D eigenvalue weighted by Gasteiger charge is 2.33. The Morgan fingerprint density at radius 1 is 0.632 bits per heavy atom. The summed E-state index contributed by atoms with van der Waals surface area (Å²) < 4.78 is 0. The van der Waals surface area contributed by atoms with Gasteiger partial charge in [0.25, 0.3) is 0 Å². The molecule has 2 aliphatic rings. The summed E-state index contributed by atoms with van der Waals surface area (Å²) >= 11 is 0. The third-order valence-electron chi connectivity index (χ3n) is 8.87. The maximum absolute atomic E-state index is 13.2. The monoisotopic (exact) mass is 525 g/mol. The molecule has 0 atom stereocenters. The fourth-order valence-corrected chi connectivity index (χ4v) is 6.23. The molecule has 0 bridgehead atoms. The van der Waals surface area contributed by atoms with E-state index in [2.05, 4.69) is 57.5 Å². The van der Waals surface area contributed by atoms with E-state index in [1.807, 2.05) is 13.0 Å². The molecular weight excluding hydrogens is 474 g/mol. The second-order valence-electron chi connectivity index (χ2n) is 13.9. The van der Waals surface area contributed by atoms with Gasteiger partial charge in [0.1, 0.15) is 0 Å². The van der Waals surface area contributed by atoms with Crippen molar-refractivity contribution >= 4 is 34.8 Å². The zero-order valence-corrected chi connectivity index (χ0v) is 24.8. The minimum atomic E-state index is -0.0748. The lowest BCUT2D eigenvalue weighted by atomic mass is 9.69. The lowest BCUT2D eigenvalue weighted by molar-refractivity contribution is -0.122. The number of nitrogens with one attached hydrogen (secondary N) is 3. The molecule has 1 aromatic carbocycles. The summed E-state index contributed by atoms with van der Waals surface area (Å²) in [7, 11) is 0. The lowest BCUT2D eigenvalue weighted by Gasteiger charge is -2.36. The van der Waals surface area contributed by atoms with Crippen molar-refractivity contribution in [2.24, 2.45) is 34.5 Å². The van der Waals surface area contributed by atoms with Crippen molar-refractivity contribution in [1.29, 1.82) is 0 Å². The Labute approximate surface area is 230 Å². The van der Waals surface area contributed by atoms with Gasteiger partial charge in [0, 0.05) is 35.3 Å². The van der Waals surface area contributed by atoms with Gasteiger partial charge < -0.3 is 16.0 Å². The molecule has 0 spiro atoms. The van der Waals surface area contributed by atoms with Gasteiger partial charge in [-0.25, -0.2) is 0 Å². The lowest BCUT2D eigenvalue weighted by Crippen LogP contribution is -2.32. The fraction of sp³-hybridized carbons (Fsp3) is 0.719. The first-order valence-electron chi connectivity index (χ1n) is 14.8. The van der Waals surface area contributed by atoms with Gasteiger partial charge in [-0.3, -0.25) is 14.4 Å². The number of benzene rings is 1. The van der Waals surface area contributed by atoms with Crippen molar-refractivity contribution in [2.75, 3.05) is 16.0 Å². The third kappa shape index (κ3) is 8.57. The van der Waals surface area contributed by atoms with E-state index in [9.17, 15) is 14.4 Å². The molecule has 3 amide bonds. The van der Waals surface area contributed by atoms with Crippen molar-refractivity contribution < 1.29 is 14.4 Å². The molecule has 3 N–H and O–H groups in total. The second-order valence-corrected chi connectivity index (χ2v) is 13.9. The highest BCUT2D eigenvalue weighted by molar-refractivity contribution is 5.98. The summed E-state index contributed by atoms with van der Waals surface area (Å²) in [6.45, 7) is 15.6. The Bertz CT molecular complexity index is 906. The van der Waals surface area contributed by atoms with Gasteiger partial charge in [-0.1, -0.05) is 48.5 Å². The normalized spacial score (nSPS) is 24.4. The largest absolute Gasteiger partial charge is 0.326 e. The van der Waals surface area contributed by atoms with E-state index in [-0.39, 0.29) is 40.4 Å². The molecule has 2 fully saturated rings. The van der Waals surface area contributed by atoms with Crippen molar-refractivity contribution in [3.63, 3.8) is 0 Å². The number of anilines is 3. The van der Waals surface area contributed by atoms with Crippen LogP contribution in [0.25, 0.3) is 0 Å². The van der Waals surface area contributed by atoms with Crippen LogP contribution in [0.5, 0.6) is 0 Å². The number of carbonyl (C=O) groups is 3. The number of carbonyl (C=O) groups excluding carboxylic acids is 3. The maximum atomic E-state index is 13.2. The minimum absolute atomic E-state index is 0.0111. The smallest absolute Gasteiger partial charge is 0.227 e. The predicted molar refractivity (Wildman–Crippen MR) is 157 cm³/mol. The van der Waals surface area contributed by atoms with E-state index in [0.717, 1.165) is 57.8 Å².